The summed E-state index contributed by atoms with van der Waals surface area (Å²) in [7, 11) is 3.46. The Morgan fingerprint density at radius 2 is 1.88 bits per heavy atom. The number of anilines is 1. The highest BCUT2D eigenvalue weighted by Crippen LogP contribution is 2.29. The fraction of sp³-hybridized carbons (Fsp3) is 0.280. The molecule has 0 aliphatic heterocycles. The standard InChI is InChI=1S/C25H26F2N4O3/c1-30(11-12-32)23-10-8-18(14-28-23)17-7-9-20-21(13-17)31(24(29-20)16-33-2)15-19-5-3-4-6-22(19)34-25(26)27/h3-10,13-14,25,32H,11-12,15-16H2,1-2H3. The average molecular weight is 469 g/mol. The fourth-order valence-corrected chi connectivity index (χ4v) is 3.83. The van der Waals surface area contributed by atoms with Crippen LogP contribution in [0.5, 0.6) is 5.75 Å². The van der Waals surface area contributed by atoms with Crippen molar-refractivity contribution in [2.75, 3.05) is 32.2 Å². The smallest absolute Gasteiger partial charge is 0.387 e. The Morgan fingerprint density at radius 3 is 2.59 bits per heavy atom. The highest BCUT2D eigenvalue weighted by atomic mass is 19.3. The molecule has 0 unspecified atom stereocenters. The minimum absolute atomic E-state index is 0.0515. The SMILES string of the molecule is COCc1nc2ccc(-c3ccc(N(C)CCO)nc3)cc2n1Cc1ccccc1OC(F)F. The zero-order valence-corrected chi connectivity index (χ0v) is 19.0. The first kappa shape index (κ1) is 23.6. The molecule has 2 heterocycles. The number of nitrogens with zero attached hydrogens (tertiary/aromatic N) is 4. The summed E-state index contributed by atoms with van der Waals surface area (Å²) in [5.74, 6) is 1.58. The molecule has 4 rings (SSSR count). The van der Waals surface area contributed by atoms with Crippen LogP contribution in [0.3, 0.4) is 0 Å². The first-order chi connectivity index (χ1) is 16.5. The van der Waals surface area contributed by atoms with Crippen molar-refractivity contribution in [3.05, 3.63) is 72.2 Å². The van der Waals surface area contributed by atoms with Crippen molar-refractivity contribution in [2.45, 2.75) is 19.8 Å². The number of pyridine rings is 1. The third-order valence-corrected chi connectivity index (χ3v) is 5.53. The van der Waals surface area contributed by atoms with Gasteiger partial charge in [0.1, 0.15) is 24.0 Å². The number of aliphatic hydroxyl groups is 1. The van der Waals surface area contributed by atoms with E-state index in [4.69, 9.17) is 14.6 Å². The number of rotatable bonds is 10. The van der Waals surface area contributed by atoms with E-state index in [0.29, 0.717) is 24.5 Å². The summed E-state index contributed by atoms with van der Waals surface area (Å²) < 4.78 is 37.8. The van der Waals surface area contributed by atoms with Crippen LogP contribution in [0.4, 0.5) is 14.6 Å². The molecule has 0 atom stereocenters. The average Bonchev–Trinajstić information content (AvgIpc) is 3.17. The second kappa shape index (κ2) is 10.6. The van der Waals surface area contributed by atoms with Gasteiger partial charge in [-0.15, -0.1) is 0 Å². The Balaban J connectivity index is 1.72. The molecule has 9 heteroatoms. The van der Waals surface area contributed by atoms with Gasteiger partial charge in [0.15, 0.2) is 0 Å². The van der Waals surface area contributed by atoms with E-state index in [9.17, 15) is 8.78 Å². The number of imidazole rings is 1. The van der Waals surface area contributed by atoms with Gasteiger partial charge in [0.2, 0.25) is 0 Å². The van der Waals surface area contributed by atoms with E-state index in [1.807, 2.05) is 46.8 Å². The number of ether oxygens (including phenoxy) is 2. The number of alkyl halides is 2. The molecule has 0 bridgehead atoms. The van der Waals surface area contributed by atoms with Crippen LogP contribution in [0.2, 0.25) is 0 Å². The maximum Gasteiger partial charge on any atom is 0.387 e. The summed E-state index contributed by atoms with van der Waals surface area (Å²) in [5, 5.41) is 9.13. The van der Waals surface area contributed by atoms with Gasteiger partial charge in [0.25, 0.3) is 0 Å². The molecule has 2 aromatic carbocycles. The molecule has 4 aromatic rings. The number of methoxy groups -OCH3 is 1. The molecule has 0 spiro atoms. The van der Waals surface area contributed by atoms with Gasteiger partial charge >= 0.3 is 6.61 Å². The van der Waals surface area contributed by atoms with E-state index in [1.54, 1.807) is 31.5 Å². The van der Waals surface area contributed by atoms with E-state index >= 15 is 0 Å². The lowest BCUT2D eigenvalue weighted by Crippen LogP contribution is -2.21. The molecule has 0 aliphatic rings. The molecule has 0 radical (unpaired) electrons. The normalized spacial score (nSPS) is 11.4. The van der Waals surface area contributed by atoms with Gasteiger partial charge in [-0.1, -0.05) is 24.3 Å². The topological polar surface area (TPSA) is 72.6 Å². The van der Waals surface area contributed by atoms with E-state index < -0.39 is 6.61 Å². The highest BCUT2D eigenvalue weighted by molar-refractivity contribution is 5.83. The maximum atomic E-state index is 12.9. The number of benzene rings is 2. The lowest BCUT2D eigenvalue weighted by atomic mass is 10.1. The first-order valence-electron chi connectivity index (χ1n) is 10.8. The van der Waals surface area contributed by atoms with Crippen molar-refractivity contribution >= 4 is 16.9 Å². The number of fused-ring (bicyclic) bond motifs is 1. The molecule has 178 valence electrons. The van der Waals surface area contributed by atoms with E-state index in [-0.39, 0.29) is 19.0 Å². The molecular formula is C25H26F2N4O3. The Labute approximate surface area is 196 Å². The predicted octanol–water partition coefficient (Wildman–Crippen LogP) is 4.32. The van der Waals surface area contributed by atoms with Gasteiger partial charge in [-0.2, -0.15) is 8.78 Å². The minimum atomic E-state index is -2.90. The van der Waals surface area contributed by atoms with Gasteiger partial charge in [0.05, 0.1) is 24.2 Å². The number of hydrogen-bond acceptors (Lipinski definition) is 6. The molecule has 0 aliphatic carbocycles. The number of aliphatic hydroxyl groups excluding tert-OH is 1. The second-order valence-electron chi connectivity index (χ2n) is 7.79. The van der Waals surface area contributed by atoms with Crippen LogP contribution in [0.25, 0.3) is 22.2 Å². The molecule has 34 heavy (non-hydrogen) atoms. The lowest BCUT2D eigenvalue weighted by molar-refractivity contribution is -0.0504. The predicted molar refractivity (Wildman–Crippen MR) is 126 cm³/mol. The van der Waals surface area contributed by atoms with Crippen molar-refractivity contribution in [1.82, 2.24) is 14.5 Å². The maximum absolute atomic E-state index is 12.9. The highest BCUT2D eigenvalue weighted by Gasteiger charge is 2.16. The van der Waals surface area contributed by atoms with Crippen molar-refractivity contribution in [3.8, 4) is 16.9 Å². The molecule has 2 aromatic heterocycles. The molecule has 0 saturated carbocycles. The minimum Gasteiger partial charge on any atom is -0.434 e. The van der Waals surface area contributed by atoms with E-state index in [0.717, 1.165) is 28.0 Å². The third kappa shape index (κ3) is 5.16. The van der Waals surface area contributed by atoms with E-state index in [1.165, 1.54) is 6.07 Å². The quantitative estimate of drug-likeness (QED) is 0.374. The number of halogens is 2. The van der Waals surface area contributed by atoms with Crippen molar-refractivity contribution in [1.29, 1.82) is 0 Å². The molecule has 1 N–H and O–H groups in total. The van der Waals surface area contributed by atoms with Gasteiger partial charge in [0, 0.05) is 38.0 Å². The van der Waals surface area contributed by atoms with Crippen molar-refractivity contribution in [2.24, 2.45) is 0 Å². The Kier molecular flexibility index (Phi) is 7.34. The summed E-state index contributed by atoms with van der Waals surface area (Å²) in [4.78, 5) is 11.1. The third-order valence-electron chi connectivity index (χ3n) is 5.53. The molecule has 0 fully saturated rings. The van der Waals surface area contributed by atoms with Gasteiger partial charge in [-0.25, -0.2) is 9.97 Å². The Morgan fingerprint density at radius 1 is 1.09 bits per heavy atom. The van der Waals surface area contributed by atoms with Crippen LogP contribution in [-0.4, -0.2) is 53.6 Å². The lowest BCUT2D eigenvalue weighted by Gasteiger charge is -2.16. The Bertz CT molecular complexity index is 1240. The summed E-state index contributed by atoms with van der Waals surface area (Å²) in [6, 6.07) is 16.5. The summed E-state index contributed by atoms with van der Waals surface area (Å²) >= 11 is 0. The zero-order valence-electron chi connectivity index (χ0n) is 19.0. The van der Waals surface area contributed by atoms with Crippen LogP contribution in [0, 0.1) is 0 Å². The summed E-state index contributed by atoms with van der Waals surface area (Å²) in [5.41, 5.74) is 4.10. The monoisotopic (exact) mass is 468 g/mol. The Hall–Kier alpha value is -3.56. The molecule has 0 amide bonds. The largest absolute Gasteiger partial charge is 0.434 e. The van der Waals surface area contributed by atoms with Gasteiger partial charge in [-0.3, -0.25) is 0 Å². The zero-order chi connectivity index (χ0) is 24.1. The van der Waals surface area contributed by atoms with Gasteiger partial charge in [-0.05, 0) is 35.9 Å². The molecular weight excluding hydrogens is 442 g/mol. The van der Waals surface area contributed by atoms with Crippen molar-refractivity contribution in [3.63, 3.8) is 0 Å². The number of para-hydroxylation sites is 1. The number of hydrogen-bond donors (Lipinski definition) is 1. The fourth-order valence-electron chi connectivity index (χ4n) is 3.83. The second-order valence-corrected chi connectivity index (χ2v) is 7.79. The summed E-state index contributed by atoms with van der Waals surface area (Å²) in [6.07, 6.45) is 1.78. The first-order valence-corrected chi connectivity index (χ1v) is 10.8. The van der Waals surface area contributed by atoms with Gasteiger partial charge < -0.3 is 24.0 Å². The van der Waals surface area contributed by atoms with Crippen LogP contribution < -0.4 is 9.64 Å². The number of aromatic nitrogens is 3. The number of likely N-dealkylation sites (N-methyl/N-ethyl adjacent to an activating group) is 1. The molecule has 7 nitrogen and oxygen atoms in total. The van der Waals surface area contributed by atoms with Crippen LogP contribution in [0.15, 0.2) is 60.8 Å². The summed E-state index contributed by atoms with van der Waals surface area (Å²) in [6.45, 7) is -1.79. The van der Waals surface area contributed by atoms with Crippen LogP contribution in [0.1, 0.15) is 11.4 Å². The van der Waals surface area contributed by atoms with Crippen LogP contribution >= 0.6 is 0 Å². The van der Waals surface area contributed by atoms with Crippen molar-refractivity contribution < 1.29 is 23.4 Å². The van der Waals surface area contributed by atoms with Crippen LogP contribution in [-0.2, 0) is 17.9 Å². The molecule has 0 saturated heterocycles. The van der Waals surface area contributed by atoms with E-state index in [2.05, 4.69) is 9.97 Å².